The third-order valence-corrected chi connectivity index (χ3v) is 4.46. The lowest BCUT2D eigenvalue weighted by Crippen LogP contribution is -2.37. The predicted octanol–water partition coefficient (Wildman–Crippen LogP) is 3.74. The van der Waals surface area contributed by atoms with Gasteiger partial charge in [0.1, 0.15) is 6.04 Å². The Morgan fingerprint density at radius 2 is 2.20 bits per heavy atom. The van der Waals surface area contributed by atoms with Crippen LogP contribution >= 0.6 is 31.9 Å². The van der Waals surface area contributed by atoms with Gasteiger partial charge in [-0.05, 0) is 57.7 Å². The predicted molar refractivity (Wildman–Crippen MR) is 84.4 cm³/mol. The molecule has 110 valence electrons. The van der Waals surface area contributed by atoms with Crippen molar-refractivity contribution in [2.75, 3.05) is 6.61 Å². The standard InChI is InChI=1S/C14H18Br2N2O2/c1-2-20-14(19)13(18-10-5-3-4-6-10)12-11(16)7-9(15)8-17-12/h7-8,10,13,18H,2-6H2,1H3. The van der Waals surface area contributed by atoms with Gasteiger partial charge in [-0.15, -0.1) is 0 Å². The van der Waals surface area contributed by atoms with Crippen LogP contribution in [0, 0.1) is 0 Å². The number of hydrogen-bond acceptors (Lipinski definition) is 4. The minimum atomic E-state index is -0.513. The minimum absolute atomic E-state index is 0.269. The first-order chi connectivity index (χ1) is 9.61. The van der Waals surface area contributed by atoms with Gasteiger partial charge in [0, 0.05) is 21.2 Å². The van der Waals surface area contributed by atoms with E-state index in [0.29, 0.717) is 18.3 Å². The fraction of sp³-hybridized carbons (Fsp3) is 0.571. The summed E-state index contributed by atoms with van der Waals surface area (Å²) in [6.45, 7) is 2.18. The topological polar surface area (TPSA) is 51.2 Å². The lowest BCUT2D eigenvalue weighted by molar-refractivity contribution is -0.146. The Balaban J connectivity index is 2.22. The normalized spacial score (nSPS) is 17.1. The molecule has 1 fully saturated rings. The largest absolute Gasteiger partial charge is 0.465 e. The molecule has 0 amide bonds. The number of carbonyl (C=O) groups excluding carboxylic acids is 1. The van der Waals surface area contributed by atoms with Crippen LogP contribution in [-0.4, -0.2) is 23.6 Å². The number of nitrogens with zero attached hydrogens (tertiary/aromatic N) is 1. The van der Waals surface area contributed by atoms with Crippen LogP contribution in [0.4, 0.5) is 0 Å². The van der Waals surface area contributed by atoms with Crippen molar-refractivity contribution >= 4 is 37.8 Å². The fourth-order valence-corrected chi connectivity index (χ4v) is 3.67. The third kappa shape index (κ3) is 4.02. The quantitative estimate of drug-likeness (QED) is 0.758. The van der Waals surface area contributed by atoms with Gasteiger partial charge in [-0.2, -0.15) is 0 Å². The maximum atomic E-state index is 12.2. The molecule has 4 nitrogen and oxygen atoms in total. The monoisotopic (exact) mass is 404 g/mol. The van der Waals surface area contributed by atoms with E-state index < -0.39 is 6.04 Å². The summed E-state index contributed by atoms with van der Waals surface area (Å²) in [6.07, 6.45) is 6.32. The molecular weight excluding hydrogens is 388 g/mol. The molecule has 1 saturated carbocycles. The maximum absolute atomic E-state index is 12.2. The van der Waals surface area contributed by atoms with Crippen LogP contribution in [0.1, 0.15) is 44.3 Å². The highest BCUT2D eigenvalue weighted by molar-refractivity contribution is 9.11. The highest BCUT2D eigenvalue weighted by Gasteiger charge is 2.29. The Morgan fingerprint density at radius 1 is 1.50 bits per heavy atom. The number of hydrogen-bond donors (Lipinski definition) is 1. The fourth-order valence-electron chi connectivity index (χ4n) is 2.45. The Kier molecular flexibility index (Phi) is 5.99. The summed E-state index contributed by atoms with van der Waals surface area (Å²) in [6, 6.07) is 1.74. The van der Waals surface area contributed by atoms with E-state index in [9.17, 15) is 4.79 Å². The molecule has 20 heavy (non-hydrogen) atoms. The van der Waals surface area contributed by atoms with Gasteiger partial charge in [-0.1, -0.05) is 12.8 Å². The van der Waals surface area contributed by atoms with Crippen molar-refractivity contribution in [2.45, 2.75) is 44.7 Å². The molecule has 1 aliphatic rings. The molecule has 0 spiro atoms. The zero-order chi connectivity index (χ0) is 14.5. The summed E-state index contributed by atoms with van der Waals surface area (Å²) in [5.74, 6) is -0.269. The molecule has 1 heterocycles. The van der Waals surface area contributed by atoms with E-state index in [1.54, 1.807) is 6.20 Å². The molecule has 0 radical (unpaired) electrons. The van der Waals surface area contributed by atoms with Gasteiger partial charge in [0.25, 0.3) is 0 Å². The molecule has 0 aromatic carbocycles. The number of rotatable bonds is 5. The van der Waals surface area contributed by atoms with Gasteiger partial charge in [-0.3, -0.25) is 10.3 Å². The zero-order valence-electron chi connectivity index (χ0n) is 11.4. The lowest BCUT2D eigenvalue weighted by Gasteiger charge is -2.22. The van der Waals surface area contributed by atoms with Gasteiger partial charge >= 0.3 is 5.97 Å². The lowest BCUT2D eigenvalue weighted by atomic mass is 10.1. The van der Waals surface area contributed by atoms with Crippen LogP contribution in [0.25, 0.3) is 0 Å². The van der Waals surface area contributed by atoms with Crippen molar-refractivity contribution in [1.82, 2.24) is 10.3 Å². The molecule has 6 heteroatoms. The minimum Gasteiger partial charge on any atom is -0.465 e. The summed E-state index contributed by atoms with van der Waals surface area (Å²) in [5, 5.41) is 3.39. The number of pyridine rings is 1. The van der Waals surface area contributed by atoms with Gasteiger partial charge < -0.3 is 4.74 Å². The molecule has 1 atom stereocenters. The first kappa shape index (κ1) is 15.9. The number of esters is 1. The average molecular weight is 406 g/mol. The van der Waals surface area contributed by atoms with E-state index in [2.05, 4.69) is 42.2 Å². The van der Waals surface area contributed by atoms with Gasteiger partial charge in [0.15, 0.2) is 0 Å². The van der Waals surface area contributed by atoms with Crippen molar-refractivity contribution in [3.05, 3.63) is 26.9 Å². The van der Waals surface area contributed by atoms with Crippen LogP contribution < -0.4 is 5.32 Å². The molecular formula is C14H18Br2N2O2. The molecule has 0 saturated heterocycles. The highest BCUT2D eigenvalue weighted by Crippen LogP contribution is 2.28. The SMILES string of the molecule is CCOC(=O)C(NC1CCCC1)c1ncc(Br)cc1Br. The maximum Gasteiger partial charge on any atom is 0.329 e. The Morgan fingerprint density at radius 3 is 2.80 bits per heavy atom. The van der Waals surface area contributed by atoms with Crippen molar-refractivity contribution in [1.29, 1.82) is 0 Å². The van der Waals surface area contributed by atoms with E-state index in [-0.39, 0.29) is 5.97 Å². The molecule has 1 aliphatic carbocycles. The number of halogens is 2. The number of nitrogens with one attached hydrogen (secondary N) is 1. The van der Waals surface area contributed by atoms with Crippen molar-refractivity contribution in [2.24, 2.45) is 0 Å². The Bertz CT molecular complexity index is 476. The van der Waals surface area contributed by atoms with Crippen molar-refractivity contribution in [3.8, 4) is 0 Å². The number of carbonyl (C=O) groups is 1. The second-order valence-corrected chi connectivity index (χ2v) is 6.62. The van der Waals surface area contributed by atoms with E-state index in [1.807, 2.05) is 13.0 Å². The van der Waals surface area contributed by atoms with Crippen molar-refractivity contribution in [3.63, 3.8) is 0 Å². The van der Waals surface area contributed by atoms with E-state index in [0.717, 1.165) is 21.8 Å². The number of aromatic nitrogens is 1. The van der Waals surface area contributed by atoms with Crippen LogP contribution in [0.15, 0.2) is 21.2 Å². The summed E-state index contributed by atoms with van der Waals surface area (Å²) in [5.41, 5.74) is 0.679. The Hall–Kier alpha value is -0.460. The summed E-state index contributed by atoms with van der Waals surface area (Å²) < 4.78 is 6.85. The van der Waals surface area contributed by atoms with E-state index >= 15 is 0 Å². The molecule has 1 aromatic rings. The van der Waals surface area contributed by atoms with E-state index in [4.69, 9.17) is 4.74 Å². The average Bonchev–Trinajstić information content (AvgIpc) is 2.90. The third-order valence-electron chi connectivity index (χ3n) is 3.39. The Labute approximate surface area is 135 Å². The van der Waals surface area contributed by atoms with Crippen LogP contribution in [-0.2, 0) is 9.53 Å². The first-order valence-corrected chi connectivity index (χ1v) is 8.44. The first-order valence-electron chi connectivity index (χ1n) is 6.85. The van der Waals surface area contributed by atoms with Gasteiger partial charge in [0.05, 0.1) is 12.3 Å². The molecule has 1 unspecified atom stereocenters. The summed E-state index contributed by atoms with van der Waals surface area (Å²) in [7, 11) is 0. The summed E-state index contributed by atoms with van der Waals surface area (Å²) >= 11 is 6.85. The second kappa shape index (κ2) is 7.52. The molecule has 0 aliphatic heterocycles. The summed E-state index contributed by atoms with van der Waals surface area (Å²) in [4.78, 5) is 16.6. The van der Waals surface area contributed by atoms with Crippen LogP contribution in [0.5, 0.6) is 0 Å². The second-order valence-electron chi connectivity index (χ2n) is 4.85. The smallest absolute Gasteiger partial charge is 0.329 e. The van der Waals surface area contributed by atoms with Crippen LogP contribution in [0.3, 0.4) is 0 Å². The molecule has 1 N–H and O–H groups in total. The van der Waals surface area contributed by atoms with Crippen molar-refractivity contribution < 1.29 is 9.53 Å². The van der Waals surface area contributed by atoms with Gasteiger partial charge in [0.2, 0.25) is 0 Å². The highest BCUT2D eigenvalue weighted by atomic mass is 79.9. The van der Waals surface area contributed by atoms with E-state index in [1.165, 1.54) is 12.8 Å². The molecule has 0 bridgehead atoms. The molecule has 1 aromatic heterocycles. The van der Waals surface area contributed by atoms with Gasteiger partial charge in [-0.25, -0.2) is 4.79 Å². The zero-order valence-corrected chi connectivity index (χ0v) is 14.5. The van der Waals surface area contributed by atoms with Crippen LogP contribution in [0.2, 0.25) is 0 Å². The number of ether oxygens (including phenoxy) is 1. The molecule has 2 rings (SSSR count).